The third-order valence-corrected chi connectivity index (χ3v) is 4.49. The molecule has 4 heteroatoms. The van der Waals surface area contributed by atoms with Gasteiger partial charge in [0, 0.05) is 49.8 Å². The van der Waals surface area contributed by atoms with Crippen molar-refractivity contribution in [1.82, 2.24) is 9.88 Å². The number of anilines is 1. The third-order valence-electron chi connectivity index (χ3n) is 4.49. The molecule has 0 spiro atoms. The van der Waals surface area contributed by atoms with Crippen LogP contribution in [0.15, 0.2) is 48.8 Å². The predicted molar refractivity (Wildman–Crippen MR) is 94.0 cm³/mol. The summed E-state index contributed by atoms with van der Waals surface area (Å²) in [5.74, 6) is 0.907. The molecule has 4 nitrogen and oxygen atoms in total. The van der Waals surface area contributed by atoms with Gasteiger partial charge < -0.3 is 15.0 Å². The standard InChI is InChI=1S/C19H25N3O/c1-23-19-4-2-3-18(15-19)21-17-8-13-22(14-9-17)12-7-16-5-10-20-11-6-16/h2-6,10-11,15,17,21H,7-9,12-14H2,1H3. The highest BCUT2D eigenvalue weighted by Crippen LogP contribution is 2.21. The summed E-state index contributed by atoms with van der Waals surface area (Å²) in [6, 6.07) is 13.0. The molecule has 2 aromatic rings. The van der Waals surface area contributed by atoms with Crippen molar-refractivity contribution in [2.45, 2.75) is 25.3 Å². The molecule has 2 heterocycles. The number of benzene rings is 1. The molecule has 3 rings (SSSR count). The number of nitrogens with zero attached hydrogens (tertiary/aromatic N) is 2. The number of hydrogen-bond acceptors (Lipinski definition) is 4. The fraction of sp³-hybridized carbons (Fsp3) is 0.421. The highest BCUT2D eigenvalue weighted by molar-refractivity contribution is 5.48. The second kappa shape index (κ2) is 7.97. The third kappa shape index (κ3) is 4.70. The van der Waals surface area contributed by atoms with E-state index in [-0.39, 0.29) is 0 Å². The first-order chi connectivity index (χ1) is 11.3. The fourth-order valence-corrected chi connectivity index (χ4v) is 3.09. The predicted octanol–water partition coefficient (Wildman–Crippen LogP) is 3.21. The monoisotopic (exact) mass is 311 g/mol. The molecule has 0 unspecified atom stereocenters. The minimum absolute atomic E-state index is 0.555. The summed E-state index contributed by atoms with van der Waals surface area (Å²) in [5, 5.41) is 3.63. The van der Waals surface area contributed by atoms with Gasteiger partial charge in [-0.25, -0.2) is 0 Å². The van der Waals surface area contributed by atoms with Crippen LogP contribution >= 0.6 is 0 Å². The van der Waals surface area contributed by atoms with E-state index in [2.05, 4.69) is 39.5 Å². The molecular formula is C19H25N3O. The van der Waals surface area contributed by atoms with Gasteiger partial charge in [0.15, 0.2) is 0 Å². The summed E-state index contributed by atoms with van der Waals surface area (Å²) in [7, 11) is 1.71. The quantitative estimate of drug-likeness (QED) is 0.889. The molecule has 1 aliphatic rings. The minimum atomic E-state index is 0.555. The maximum atomic E-state index is 5.28. The molecule has 1 saturated heterocycles. The lowest BCUT2D eigenvalue weighted by Gasteiger charge is -2.33. The van der Waals surface area contributed by atoms with Crippen LogP contribution in [0.1, 0.15) is 18.4 Å². The van der Waals surface area contributed by atoms with Gasteiger partial charge in [0.2, 0.25) is 0 Å². The lowest BCUT2D eigenvalue weighted by molar-refractivity contribution is 0.221. The van der Waals surface area contributed by atoms with Crippen molar-refractivity contribution in [1.29, 1.82) is 0 Å². The summed E-state index contributed by atoms with van der Waals surface area (Å²) in [6.07, 6.45) is 7.23. The fourth-order valence-electron chi connectivity index (χ4n) is 3.09. The van der Waals surface area contributed by atoms with E-state index in [9.17, 15) is 0 Å². The highest BCUT2D eigenvalue weighted by atomic mass is 16.5. The summed E-state index contributed by atoms with van der Waals surface area (Å²) in [4.78, 5) is 6.63. The molecule has 0 saturated carbocycles. The van der Waals surface area contributed by atoms with Gasteiger partial charge >= 0.3 is 0 Å². The smallest absolute Gasteiger partial charge is 0.120 e. The topological polar surface area (TPSA) is 37.4 Å². The normalized spacial score (nSPS) is 16.2. The second-order valence-corrected chi connectivity index (χ2v) is 6.10. The van der Waals surface area contributed by atoms with Crippen LogP contribution in [0, 0.1) is 0 Å². The Morgan fingerprint density at radius 2 is 1.96 bits per heavy atom. The maximum absolute atomic E-state index is 5.28. The Morgan fingerprint density at radius 1 is 1.17 bits per heavy atom. The van der Waals surface area contributed by atoms with Crippen LogP contribution in [-0.2, 0) is 6.42 Å². The number of ether oxygens (including phenoxy) is 1. The van der Waals surface area contributed by atoms with Crippen molar-refractivity contribution in [3.05, 3.63) is 54.4 Å². The Kier molecular flexibility index (Phi) is 5.48. The van der Waals surface area contributed by atoms with Crippen molar-refractivity contribution in [3.8, 4) is 5.75 Å². The van der Waals surface area contributed by atoms with E-state index >= 15 is 0 Å². The van der Waals surface area contributed by atoms with Crippen molar-refractivity contribution >= 4 is 5.69 Å². The van der Waals surface area contributed by atoms with Gasteiger partial charge in [-0.1, -0.05) is 6.07 Å². The molecule has 0 bridgehead atoms. The van der Waals surface area contributed by atoms with Crippen molar-refractivity contribution in [3.63, 3.8) is 0 Å². The lowest BCUT2D eigenvalue weighted by atomic mass is 10.0. The molecule has 0 amide bonds. The molecule has 1 aromatic carbocycles. The average Bonchev–Trinajstić information content (AvgIpc) is 2.62. The summed E-state index contributed by atoms with van der Waals surface area (Å²) in [6.45, 7) is 3.45. The number of methoxy groups -OCH3 is 1. The Hall–Kier alpha value is -2.07. The number of pyridine rings is 1. The zero-order valence-corrected chi connectivity index (χ0v) is 13.7. The van der Waals surface area contributed by atoms with E-state index in [1.54, 1.807) is 7.11 Å². The molecule has 1 N–H and O–H groups in total. The number of hydrogen-bond donors (Lipinski definition) is 1. The first-order valence-corrected chi connectivity index (χ1v) is 8.35. The van der Waals surface area contributed by atoms with Crippen LogP contribution in [0.2, 0.25) is 0 Å². The van der Waals surface area contributed by atoms with Crippen LogP contribution in [0.3, 0.4) is 0 Å². The van der Waals surface area contributed by atoms with E-state index in [0.29, 0.717) is 6.04 Å². The Balaban J connectivity index is 1.43. The Labute approximate surface area is 138 Å². The number of nitrogens with one attached hydrogen (secondary N) is 1. The van der Waals surface area contributed by atoms with E-state index in [4.69, 9.17) is 4.74 Å². The molecule has 0 aliphatic carbocycles. The van der Waals surface area contributed by atoms with Gasteiger partial charge in [0.25, 0.3) is 0 Å². The van der Waals surface area contributed by atoms with E-state index in [1.165, 1.54) is 18.4 Å². The minimum Gasteiger partial charge on any atom is -0.497 e. The molecule has 23 heavy (non-hydrogen) atoms. The summed E-state index contributed by atoms with van der Waals surface area (Å²) in [5.41, 5.74) is 2.52. The summed E-state index contributed by atoms with van der Waals surface area (Å²) < 4.78 is 5.28. The van der Waals surface area contributed by atoms with Gasteiger partial charge in [0.1, 0.15) is 5.75 Å². The van der Waals surface area contributed by atoms with Crippen molar-refractivity contribution in [2.75, 3.05) is 32.1 Å². The SMILES string of the molecule is COc1cccc(NC2CCN(CCc3ccncc3)CC2)c1. The van der Waals surface area contributed by atoms with Crippen LogP contribution in [-0.4, -0.2) is 42.7 Å². The first kappa shape index (κ1) is 15.8. The van der Waals surface area contributed by atoms with Crippen LogP contribution in [0.25, 0.3) is 0 Å². The Bertz CT molecular complexity index is 595. The van der Waals surface area contributed by atoms with Gasteiger partial charge in [0.05, 0.1) is 7.11 Å². The van der Waals surface area contributed by atoms with Crippen molar-refractivity contribution in [2.24, 2.45) is 0 Å². The van der Waals surface area contributed by atoms with Gasteiger partial charge in [-0.3, -0.25) is 4.98 Å². The average molecular weight is 311 g/mol. The van der Waals surface area contributed by atoms with E-state index in [0.717, 1.165) is 37.5 Å². The zero-order valence-electron chi connectivity index (χ0n) is 13.7. The molecule has 1 aromatic heterocycles. The van der Waals surface area contributed by atoms with Gasteiger partial charge in [-0.05, 0) is 49.1 Å². The number of rotatable bonds is 6. The summed E-state index contributed by atoms with van der Waals surface area (Å²) >= 11 is 0. The van der Waals surface area contributed by atoms with Gasteiger partial charge in [-0.15, -0.1) is 0 Å². The van der Waals surface area contributed by atoms with E-state index in [1.807, 2.05) is 24.5 Å². The van der Waals surface area contributed by atoms with Crippen LogP contribution in [0.5, 0.6) is 5.75 Å². The molecule has 1 aliphatic heterocycles. The van der Waals surface area contributed by atoms with Crippen molar-refractivity contribution < 1.29 is 4.74 Å². The maximum Gasteiger partial charge on any atom is 0.120 e. The van der Waals surface area contributed by atoms with Crippen LogP contribution in [0.4, 0.5) is 5.69 Å². The molecule has 0 radical (unpaired) electrons. The number of aromatic nitrogens is 1. The molecule has 0 atom stereocenters. The largest absolute Gasteiger partial charge is 0.497 e. The number of likely N-dealkylation sites (tertiary alicyclic amines) is 1. The highest BCUT2D eigenvalue weighted by Gasteiger charge is 2.18. The Morgan fingerprint density at radius 3 is 2.70 bits per heavy atom. The second-order valence-electron chi connectivity index (χ2n) is 6.10. The van der Waals surface area contributed by atoms with Gasteiger partial charge in [-0.2, -0.15) is 0 Å². The van der Waals surface area contributed by atoms with E-state index < -0.39 is 0 Å². The number of piperidine rings is 1. The first-order valence-electron chi connectivity index (χ1n) is 8.35. The molecular weight excluding hydrogens is 286 g/mol. The molecule has 122 valence electrons. The van der Waals surface area contributed by atoms with Crippen LogP contribution < -0.4 is 10.1 Å². The lowest BCUT2D eigenvalue weighted by Crippen LogP contribution is -2.40. The zero-order chi connectivity index (χ0) is 15.9. The molecule has 1 fully saturated rings.